The van der Waals surface area contributed by atoms with E-state index in [4.69, 9.17) is 5.73 Å². The van der Waals surface area contributed by atoms with Crippen molar-refractivity contribution in [3.8, 4) is 0 Å². The van der Waals surface area contributed by atoms with Crippen LogP contribution in [-0.4, -0.2) is 11.5 Å². The fraction of sp³-hybridized carbons (Fsp3) is 0.792. The molecule has 2 N–H and O–H groups in total. The van der Waals surface area contributed by atoms with E-state index in [0.717, 1.165) is 25.8 Å². The Hall–Kier alpha value is -0.890. The second kappa shape index (κ2) is 17.5. The summed E-state index contributed by atoms with van der Waals surface area (Å²) in [5.74, 6) is 0. The summed E-state index contributed by atoms with van der Waals surface area (Å²) in [6.07, 6.45) is 25.0. The van der Waals surface area contributed by atoms with Crippen molar-refractivity contribution < 1.29 is 0 Å². The first kappa shape index (κ1) is 23.1. The minimum atomic E-state index is 0.771. The predicted octanol–water partition coefficient (Wildman–Crippen LogP) is 7.00. The average Bonchev–Trinajstić information content (AvgIpc) is 2.67. The third-order valence-corrected chi connectivity index (χ3v) is 5.40. The lowest BCUT2D eigenvalue weighted by atomic mass is 10.0. The molecule has 2 nitrogen and oxygen atoms in total. The molecule has 0 amide bonds. The van der Waals surface area contributed by atoms with Crippen LogP contribution in [0.25, 0.3) is 0 Å². The van der Waals surface area contributed by atoms with E-state index in [1.807, 2.05) is 6.20 Å². The Morgan fingerprint density at radius 1 is 0.692 bits per heavy atom. The molecule has 0 saturated carbocycles. The molecule has 1 aromatic rings. The van der Waals surface area contributed by atoms with Gasteiger partial charge in [-0.15, -0.1) is 0 Å². The molecule has 2 heteroatoms. The third-order valence-electron chi connectivity index (χ3n) is 5.40. The molecule has 0 unspecified atom stereocenters. The van der Waals surface area contributed by atoms with Gasteiger partial charge in [0.25, 0.3) is 0 Å². The van der Waals surface area contributed by atoms with E-state index in [0.29, 0.717) is 0 Å². The second-order valence-electron chi connectivity index (χ2n) is 7.85. The van der Waals surface area contributed by atoms with Gasteiger partial charge in [0.2, 0.25) is 0 Å². The highest BCUT2D eigenvalue weighted by Gasteiger charge is 2.03. The summed E-state index contributed by atoms with van der Waals surface area (Å²) in [6, 6.07) is 4.28. The van der Waals surface area contributed by atoms with Crippen LogP contribution >= 0.6 is 0 Å². The van der Waals surface area contributed by atoms with Gasteiger partial charge in [0.15, 0.2) is 0 Å². The molecule has 26 heavy (non-hydrogen) atoms. The van der Waals surface area contributed by atoms with Crippen LogP contribution in [0.3, 0.4) is 0 Å². The van der Waals surface area contributed by atoms with Gasteiger partial charge in [-0.2, -0.15) is 0 Å². The fourth-order valence-corrected chi connectivity index (χ4v) is 3.70. The van der Waals surface area contributed by atoms with Crippen molar-refractivity contribution in [3.63, 3.8) is 0 Å². The highest BCUT2D eigenvalue weighted by molar-refractivity contribution is 5.20. The van der Waals surface area contributed by atoms with Gasteiger partial charge in [0.05, 0.1) is 0 Å². The molecule has 1 heterocycles. The van der Waals surface area contributed by atoms with Gasteiger partial charge in [0.1, 0.15) is 0 Å². The van der Waals surface area contributed by atoms with E-state index in [1.165, 1.54) is 101 Å². The molecule has 0 aromatic carbocycles. The number of pyridine rings is 1. The number of aromatic nitrogens is 1. The summed E-state index contributed by atoms with van der Waals surface area (Å²) < 4.78 is 0. The molecule has 0 saturated heterocycles. The van der Waals surface area contributed by atoms with Gasteiger partial charge in [0, 0.05) is 11.9 Å². The zero-order valence-electron chi connectivity index (χ0n) is 17.5. The number of unbranched alkanes of at least 4 members (excludes halogenated alkanes) is 13. The first-order valence-electron chi connectivity index (χ1n) is 11.5. The Morgan fingerprint density at radius 2 is 1.23 bits per heavy atom. The molecule has 1 aromatic heterocycles. The quantitative estimate of drug-likeness (QED) is 0.286. The second-order valence-corrected chi connectivity index (χ2v) is 7.85. The van der Waals surface area contributed by atoms with Crippen molar-refractivity contribution in [2.45, 2.75) is 116 Å². The SMILES string of the molecule is CCCCCCCCCCCCCCCCc1ncccc1CCCN. The smallest absolute Gasteiger partial charge is 0.0435 e. The van der Waals surface area contributed by atoms with Crippen LogP contribution in [0, 0.1) is 0 Å². The van der Waals surface area contributed by atoms with E-state index in [1.54, 1.807) is 0 Å². The Kier molecular flexibility index (Phi) is 15.6. The molecule has 0 fully saturated rings. The van der Waals surface area contributed by atoms with Gasteiger partial charge in [-0.05, 0) is 43.9 Å². The van der Waals surface area contributed by atoms with E-state index in [-0.39, 0.29) is 0 Å². The molecule has 0 bridgehead atoms. The number of aryl methyl sites for hydroxylation is 2. The van der Waals surface area contributed by atoms with E-state index >= 15 is 0 Å². The van der Waals surface area contributed by atoms with E-state index in [2.05, 4.69) is 24.0 Å². The maximum absolute atomic E-state index is 5.64. The summed E-state index contributed by atoms with van der Waals surface area (Å²) in [7, 11) is 0. The molecule has 0 atom stereocenters. The minimum absolute atomic E-state index is 0.771. The highest BCUT2D eigenvalue weighted by atomic mass is 14.7. The summed E-state index contributed by atoms with van der Waals surface area (Å²) in [5.41, 5.74) is 8.35. The van der Waals surface area contributed by atoms with Crippen LogP contribution in [-0.2, 0) is 12.8 Å². The molecule has 150 valence electrons. The van der Waals surface area contributed by atoms with Crippen LogP contribution in [0.2, 0.25) is 0 Å². The fourth-order valence-electron chi connectivity index (χ4n) is 3.70. The molecule has 1 rings (SSSR count). The van der Waals surface area contributed by atoms with Gasteiger partial charge in [-0.1, -0.05) is 96.5 Å². The maximum atomic E-state index is 5.64. The number of nitrogens with two attached hydrogens (primary N) is 1. The molecule has 0 radical (unpaired) electrons. The number of nitrogens with zero attached hydrogens (tertiary/aromatic N) is 1. The first-order chi connectivity index (χ1) is 12.9. The zero-order valence-corrected chi connectivity index (χ0v) is 17.5. The normalized spacial score (nSPS) is 11.2. The van der Waals surface area contributed by atoms with Gasteiger partial charge in [-0.25, -0.2) is 0 Å². The number of rotatable bonds is 18. The van der Waals surface area contributed by atoms with Crippen LogP contribution in [0.1, 0.15) is 114 Å². The van der Waals surface area contributed by atoms with Crippen molar-refractivity contribution in [1.29, 1.82) is 0 Å². The van der Waals surface area contributed by atoms with Gasteiger partial charge < -0.3 is 5.73 Å². The lowest BCUT2D eigenvalue weighted by Crippen LogP contribution is -2.03. The van der Waals surface area contributed by atoms with E-state index < -0.39 is 0 Å². The first-order valence-corrected chi connectivity index (χ1v) is 11.5. The lowest BCUT2D eigenvalue weighted by molar-refractivity contribution is 0.535. The third kappa shape index (κ3) is 12.5. The Bertz CT molecular complexity index is 416. The Labute approximate surface area is 163 Å². The van der Waals surface area contributed by atoms with Crippen LogP contribution in [0.5, 0.6) is 0 Å². The lowest BCUT2D eigenvalue weighted by Gasteiger charge is -2.08. The van der Waals surface area contributed by atoms with Crippen molar-refractivity contribution in [1.82, 2.24) is 4.98 Å². The molecule has 0 aliphatic rings. The average molecular weight is 361 g/mol. The van der Waals surface area contributed by atoms with Gasteiger partial charge in [-0.3, -0.25) is 4.98 Å². The summed E-state index contributed by atoms with van der Waals surface area (Å²) in [4.78, 5) is 4.59. The van der Waals surface area contributed by atoms with Crippen molar-refractivity contribution in [3.05, 3.63) is 29.6 Å². The minimum Gasteiger partial charge on any atom is -0.330 e. The Balaban J connectivity index is 1.91. The van der Waals surface area contributed by atoms with Crippen molar-refractivity contribution >= 4 is 0 Å². The predicted molar refractivity (Wildman–Crippen MR) is 116 cm³/mol. The Morgan fingerprint density at radius 3 is 1.77 bits per heavy atom. The summed E-state index contributed by atoms with van der Waals surface area (Å²) in [6.45, 7) is 3.06. The van der Waals surface area contributed by atoms with E-state index in [9.17, 15) is 0 Å². The van der Waals surface area contributed by atoms with Crippen LogP contribution in [0.4, 0.5) is 0 Å². The number of hydrogen-bond donors (Lipinski definition) is 1. The van der Waals surface area contributed by atoms with Crippen LogP contribution in [0.15, 0.2) is 18.3 Å². The maximum Gasteiger partial charge on any atom is 0.0435 e. The topological polar surface area (TPSA) is 38.9 Å². The molecule has 0 spiro atoms. The van der Waals surface area contributed by atoms with Crippen molar-refractivity contribution in [2.24, 2.45) is 5.73 Å². The molecule has 0 aliphatic carbocycles. The van der Waals surface area contributed by atoms with Crippen molar-refractivity contribution in [2.75, 3.05) is 6.54 Å². The highest BCUT2D eigenvalue weighted by Crippen LogP contribution is 2.15. The standard InChI is InChI=1S/C24H44N2/c1-2-3-4-5-6-7-8-9-10-11-12-13-14-15-20-24-23(18-16-21-25)19-17-22-26-24/h17,19,22H,2-16,18,20-21,25H2,1H3. The molecular weight excluding hydrogens is 316 g/mol. The molecule has 0 aliphatic heterocycles. The monoisotopic (exact) mass is 360 g/mol. The van der Waals surface area contributed by atoms with Crippen LogP contribution < -0.4 is 5.73 Å². The van der Waals surface area contributed by atoms with Gasteiger partial charge >= 0.3 is 0 Å². The molecular formula is C24H44N2. The largest absolute Gasteiger partial charge is 0.330 e. The summed E-state index contributed by atoms with van der Waals surface area (Å²) >= 11 is 0. The zero-order chi connectivity index (χ0) is 18.7. The number of hydrogen-bond acceptors (Lipinski definition) is 2. The summed E-state index contributed by atoms with van der Waals surface area (Å²) in [5, 5.41) is 0.